The first-order valence-electron chi connectivity index (χ1n) is 17.5. The van der Waals surface area contributed by atoms with Gasteiger partial charge in [-0.05, 0) is 89.5 Å². The highest BCUT2D eigenvalue weighted by Crippen LogP contribution is 2.31. The molecule has 3 heterocycles. The fraction of sp³-hybridized carbons (Fsp3) is 0.595. The number of pyridine rings is 1. The SMILES string of the molecule is COC(=O)C[C@H](C(=O)[C@@H]1CCCN(C(=O)CCC2CCN(C(=O)OC(C)(C)C)CC2)C1)c1cncc(OCCOS(=O)(=O)c2ccc(C)cc2)c1. The van der Waals surface area contributed by atoms with E-state index in [-0.39, 0.29) is 54.6 Å². The molecular formula is C37H51N3O10S. The Morgan fingerprint density at radius 1 is 0.961 bits per heavy atom. The Kier molecular flexibility index (Phi) is 14.0. The third-order valence-corrected chi connectivity index (χ3v) is 10.5. The maximum Gasteiger partial charge on any atom is 0.410 e. The Labute approximate surface area is 301 Å². The first kappa shape index (κ1) is 39.7. The summed E-state index contributed by atoms with van der Waals surface area (Å²) in [6, 6.07) is 7.91. The zero-order chi connectivity index (χ0) is 37.2. The maximum absolute atomic E-state index is 14.0. The van der Waals surface area contributed by atoms with Gasteiger partial charge in [0.25, 0.3) is 10.1 Å². The highest BCUT2D eigenvalue weighted by Gasteiger charge is 2.35. The van der Waals surface area contributed by atoms with Crippen molar-refractivity contribution >= 4 is 33.9 Å². The maximum atomic E-state index is 14.0. The van der Waals surface area contributed by atoms with Crippen LogP contribution in [0.5, 0.6) is 5.75 Å². The summed E-state index contributed by atoms with van der Waals surface area (Å²) < 4.78 is 46.2. The molecular weight excluding hydrogens is 678 g/mol. The molecule has 2 aliphatic heterocycles. The average Bonchev–Trinajstić information content (AvgIpc) is 3.10. The van der Waals surface area contributed by atoms with Crippen LogP contribution in [0, 0.1) is 18.8 Å². The fourth-order valence-electron chi connectivity index (χ4n) is 6.35. The number of piperidine rings is 2. The van der Waals surface area contributed by atoms with Crippen LogP contribution in [-0.4, -0.2) is 99.1 Å². The zero-order valence-electron chi connectivity index (χ0n) is 30.3. The van der Waals surface area contributed by atoms with E-state index in [0.29, 0.717) is 56.8 Å². The van der Waals surface area contributed by atoms with E-state index in [1.165, 1.54) is 31.6 Å². The number of methoxy groups -OCH3 is 1. The Bertz CT molecular complexity index is 1620. The zero-order valence-corrected chi connectivity index (χ0v) is 31.1. The van der Waals surface area contributed by atoms with E-state index < -0.39 is 33.5 Å². The van der Waals surface area contributed by atoms with Crippen molar-refractivity contribution in [2.45, 2.75) is 89.1 Å². The third-order valence-electron chi connectivity index (χ3n) is 9.19. The molecule has 1 aromatic heterocycles. The summed E-state index contributed by atoms with van der Waals surface area (Å²) in [6.45, 7) is 9.06. The van der Waals surface area contributed by atoms with E-state index in [1.54, 1.807) is 28.0 Å². The first-order chi connectivity index (χ1) is 24.1. The predicted molar refractivity (Wildman–Crippen MR) is 187 cm³/mol. The molecule has 280 valence electrons. The second-order valence-electron chi connectivity index (χ2n) is 14.3. The summed E-state index contributed by atoms with van der Waals surface area (Å²) in [4.78, 5) is 59.9. The second kappa shape index (κ2) is 17.9. The van der Waals surface area contributed by atoms with Crippen molar-refractivity contribution < 1.29 is 46.0 Å². The van der Waals surface area contributed by atoms with Gasteiger partial charge in [-0.15, -0.1) is 0 Å². The minimum Gasteiger partial charge on any atom is -0.490 e. The quantitative estimate of drug-likeness (QED) is 0.145. The highest BCUT2D eigenvalue weighted by atomic mass is 32.2. The van der Waals surface area contributed by atoms with Crippen LogP contribution in [0.1, 0.15) is 82.8 Å². The number of esters is 1. The van der Waals surface area contributed by atoms with Crippen molar-refractivity contribution in [1.29, 1.82) is 0 Å². The molecule has 2 fully saturated rings. The van der Waals surface area contributed by atoms with Crippen LogP contribution in [0.15, 0.2) is 47.6 Å². The molecule has 1 aromatic carbocycles. The van der Waals surface area contributed by atoms with Gasteiger partial charge < -0.3 is 24.0 Å². The number of hydrogen-bond acceptors (Lipinski definition) is 11. The lowest BCUT2D eigenvalue weighted by molar-refractivity contribution is -0.144. The minimum atomic E-state index is -3.96. The second-order valence-corrected chi connectivity index (χ2v) is 15.9. The van der Waals surface area contributed by atoms with E-state index in [4.69, 9.17) is 18.4 Å². The smallest absolute Gasteiger partial charge is 0.410 e. The molecule has 2 atom stereocenters. The van der Waals surface area contributed by atoms with E-state index in [1.807, 2.05) is 27.7 Å². The minimum absolute atomic E-state index is 0.00438. The number of benzene rings is 1. The predicted octanol–water partition coefficient (Wildman–Crippen LogP) is 5.06. The third kappa shape index (κ3) is 12.0. The number of Topliss-reactive ketones (excluding diaryl/α,β-unsaturated/α-hetero) is 1. The molecule has 51 heavy (non-hydrogen) atoms. The number of aromatic nitrogens is 1. The van der Waals surface area contributed by atoms with E-state index >= 15 is 0 Å². The molecule has 0 bridgehead atoms. The van der Waals surface area contributed by atoms with Crippen molar-refractivity contribution in [3.63, 3.8) is 0 Å². The van der Waals surface area contributed by atoms with Crippen LogP contribution in [0.3, 0.4) is 0 Å². The number of ether oxygens (including phenoxy) is 3. The van der Waals surface area contributed by atoms with Gasteiger partial charge in [-0.3, -0.25) is 23.6 Å². The number of ketones is 1. The normalized spacial score (nSPS) is 17.8. The van der Waals surface area contributed by atoms with Gasteiger partial charge in [0.2, 0.25) is 5.91 Å². The molecule has 14 heteroatoms. The molecule has 0 radical (unpaired) electrons. The molecule has 0 unspecified atom stereocenters. The molecule has 2 amide bonds. The molecule has 2 aliphatic rings. The number of hydrogen-bond donors (Lipinski definition) is 0. The first-order valence-corrected chi connectivity index (χ1v) is 19.0. The standard InChI is InChI=1S/C37H51N3O10S/c1-26-8-11-31(12-9-26)51(45,46)49-20-19-48-30-21-29(23-38-24-30)32(22-34(42)47-5)35(43)28-7-6-16-40(25-28)33(41)13-10-27-14-17-39(18-15-27)36(44)50-37(2,3)4/h8-9,11-12,21,23-24,27-28,32H,6-7,10,13-20,22,25H2,1-5H3/t28-,32+/m1/s1. The average molecular weight is 730 g/mol. The fourth-order valence-corrected chi connectivity index (χ4v) is 7.24. The summed E-state index contributed by atoms with van der Waals surface area (Å²) in [5.74, 6) is -1.49. The summed E-state index contributed by atoms with van der Waals surface area (Å²) in [5, 5.41) is 0. The topological polar surface area (TPSA) is 159 Å². The lowest BCUT2D eigenvalue weighted by Crippen LogP contribution is -2.44. The Balaban J connectivity index is 1.31. The number of nitrogens with zero attached hydrogens (tertiary/aromatic N) is 3. The van der Waals surface area contributed by atoms with Gasteiger partial charge in [0.05, 0.1) is 30.5 Å². The summed E-state index contributed by atoms with van der Waals surface area (Å²) in [6.07, 6.45) is 6.35. The van der Waals surface area contributed by atoms with Gasteiger partial charge in [-0.25, -0.2) is 4.79 Å². The van der Waals surface area contributed by atoms with Crippen LogP contribution in [0.25, 0.3) is 0 Å². The lowest BCUT2D eigenvalue weighted by atomic mass is 9.82. The molecule has 2 saturated heterocycles. The molecule has 0 N–H and O–H groups in total. The van der Waals surface area contributed by atoms with Crippen LogP contribution >= 0.6 is 0 Å². The van der Waals surface area contributed by atoms with Crippen LogP contribution in [-0.2, 0) is 38.2 Å². The Morgan fingerprint density at radius 3 is 2.33 bits per heavy atom. The number of carbonyl (C=O) groups excluding carboxylic acids is 4. The van der Waals surface area contributed by atoms with Crippen molar-refractivity contribution in [2.75, 3.05) is 46.5 Å². The number of aryl methyl sites for hydroxylation is 1. The van der Waals surface area contributed by atoms with Crippen LogP contribution in [0.2, 0.25) is 0 Å². The van der Waals surface area contributed by atoms with Gasteiger partial charge in [0, 0.05) is 44.7 Å². The molecule has 0 saturated carbocycles. The molecule has 2 aromatic rings. The van der Waals surface area contributed by atoms with Gasteiger partial charge in [0.1, 0.15) is 30.3 Å². The monoisotopic (exact) mass is 729 g/mol. The van der Waals surface area contributed by atoms with Crippen molar-refractivity contribution in [2.24, 2.45) is 11.8 Å². The largest absolute Gasteiger partial charge is 0.490 e. The van der Waals surface area contributed by atoms with Crippen molar-refractivity contribution in [1.82, 2.24) is 14.8 Å². The summed E-state index contributed by atoms with van der Waals surface area (Å²) in [5.41, 5.74) is 0.831. The van der Waals surface area contributed by atoms with E-state index in [0.717, 1.165) is 18.4 Å². The van der Waals surface area contributed by atoms with Gasteiger partial charge in [-0.1, -0.05) is 17.7 Å². The van der Waals surface area contributed by atoms with E-state index in [9.17, 15) is 27.6 Å². The molecule has 0 aliphatic carbocycles. The molecule has 0 spiro atoms. The van der Waals surface area contributed by atoms with Gasteiger partial charge in [0.15, 0.2) is 0 Å². The molecule has 13 nitrogen and oxygen atoms in total. The Hall–Kier alpha value is -4.04. The molecule has 4 rings (SSSR count). The lowest BCUT2D eigenvalue weighted by Gasteiger charge is -2.35. The Morgan fingerprint density at radius 2 is 1.67 bits per heavy atom. The van der Waals surface area contributed by atoms with Gasteiger partial charge >= 0.3 is 12.1 Å². The van der Waals surface area contributed by atoms with Crippen molar-refractivity contribution in [3.8, 4) is 5.75 Å². The number of likely N-dealkylation sites (tertiary alicyclic amines) is 2. The van der Waals surface area contributed by atoms with Crippen molar-refractivity contribution in [3.05, 3.63) is 53.9 Å². The van der Waals surface area contributed by atoms with E-state index in [2.05, 4.69) is 4.98 Å². The summed E-state index contributed by atoms with van der Waals surface area (Å²) in [7, 11) is -2.70. The van der Waals surface area contributed by atoms with Crippen LogP contribution in [0.4, 0.5) is 4.79 Å². The number of rotatable bonds is 14. The summed E-state index contributed by atoms with van der Waals surface area (Å²) >= 11 is 0. The number of amides is 2. The highest BCUT2D eigenvalue weighted by molar-refractivity contribution is 7.86. The van der Waals surface area contributed by atoms with Gasteiger partial charge in [-0.2, -0.15) is 8.42 Å². The van der Waals surface area contributed by atoms with Crippen LogP contribution < -0.4 is 4.74 Å². The number of carbonyl (C=O) groups is 4.